The lowest BCUT2D eigenvalue weighted by molar-refractivity contribution is -0.291. The van der Waals surface area contributed by atoms with Crippen LogP contribution in [0.4, 0.5) is 22.0 Å². The van der Waals surface area contributed by atoms with Crippen LogP contribution in [-0.4, -0.2) is 16.1 Å². The van der Waals surface area contributed by atoms with Crippen LogP contribution in [0.3, 0.4) is 0 Å². The molecule has 2 nitrogen and oxygen atoms in total. The van der Waals surface area contributed by atoms with Crippen molar-refractivity contribution in [2.24, 2.45) is 0 Å². The zero-order chi connectivity index (χ0) is 10.1. The third-order valence-corrected chi connectivity index (χ3v) is 1.20. The zero-order valence-corrected chi connectivity index (χ0v) is 5.94. The van der Waals surface area contributed by atoms with E-state index in [1.807, 2.05) is 6.20 Å². The highest BCUT2D eigenvalue weighted by Crippen LogP contribution is 2.42. The first-order valence-electron chi connectivity index (χ1n) is 2.99. The number of aromatic nitrogens is 2. The van der Waals surface area contributed by atoms with Gasteiger partial charge in [0.2, 0.25) is 0 Å². The lowest BCUT2D eigenvalue weighted by Gasteiger charge is -2.17. The molecule has 0 aliphatic rings. The van der Waals surface area contributed by atoms with Gasteiger partial charge in [-0.2, -0.15) is 22.0 Å². The average molecular weight is 197 g/mol. The zero-order valence-electron chi connectivity index (χ0n) is 5.94. The summed E-state index contributed by atoms with van der Waals surface area (Å²) in [5.41, 5.74) is -1.43. The lowest BCUT2D eigenvalue weighted by Crippen LogP contribution is -2.34. The van der Waals surface area contributed by atoms with Crippen LogP contribution in [0.1, 0.15) is 5.69 Å². The van der Waals surface area contributed by atoms with Crippen molar-refractivity contribution in [3.8, 4) is 0 Å². The SMILES string of the molecule is FC(F)(F)C(F)(F)c1cn[c]cn1. The molecule has 0 aromatic carbocycles. The van der Waals surface area contributed by atoms with E-state index in [1.54, 1.807) is 0 Å². The van der Waals surface area contributed by atoms with Crippen LogP contribution >= 0.6 is 0 Å². The van der Waals surface area contributed by atoms with Crippen LogP contribution in [0, 0.1) is 6.20 Å². The Kier molecular flexibility index (Phi) is 2.19. The van der Waals surface area contributed by atoms with E-state index in [9.17, 15) is 22.0 Å². The van der Waals surface area contributed by atoms with Gasteiger partial charge in [-0.3, -0.25) is 9.97 Å². The Bertz CT molecular complexity index is 281. The van der Waals surface area contributed by atoms with Crippen molar-refractivity contribution in [1.29, 1.82) is 0 Å². The standard InChI is InChI=1S/C6H2F5N2/c7-5(8,6(9,10)11)4-3-12-1-2-13-4/h2-3H. The second-order valence-electron chi connectivity index (χ2n) is 2.10. The molecule has 71 valence electrons. The van der Waals surface area contributed by atoms with Gasteiger partial charge in [-0.25, -0.2) is 0 Å². The minimum atomic E-state index is -5.65. The van der Waals surface area contributed by atoms with Crippen molar-refractivity contribution in [3.63, 3.8) is 0 Å². The fourth-order valence-corrected chi connectivity index (χ4v) is 0.571. The van der Waals surface area contributed by atoms with Gasteiger partial charge in [0.15, 0.2) is 0 Å². The predicted molar refractivity (Wildman–Crippen MR) is 30.8 cm³/mol. The summed E-state index contributed by atoms with van der Waals surface area (Å²) in [5.74, 6) is -4.96. The van der Waals surface area contributed by atoms with Crippen LogP contribution in [0.5, 0.6) is 0 Å². The maximum atomic E-state index is 12.4. The molecule has 0 aliphatic carbocycles. The molecule has 0 amide bonds. The van der Waals surface area contributed by atoms with Gasteiger partial charge in [0, 0.05) is 0 Å². The molecule has 1 heterocycles. The summed E-state index contributed by atoms with van der Waals surface area (Å²) in [4.78, 5) is 5.83. The third kappa shape index (κ3) is 1.73. The van der Waals surface area contributed by atoms with Crippen LogP contribution in [0.2, 0.25) is 0 Å². The van der Waals surface area contributed by atoms with Crippen molar-refractivity contribution in [3.05, 3.63) is 24.3 Å². The van der Waals surface area contributed by atoms with E-state index >= 15 is 0 Å². The third-order valence-electron chi connectivity index (χ3n) is 1.20. The van der Waals surface area contributed by atoms with E-state index in [0.717, 1.165) is 0 Å². The van der Waals surface area contributed by atoms with E-state index in [1.165, 1.54) is 0 Å². The topological polar surface area (TPSA) is 25.8 Å². The summed E-state index contributed by atoms with van der Waals surface area (Å²) in [7, 11) is 0. The molecule has 1 rings (SSSR count). The molecule has 1 aromatic heterocycles. The molecule has 0 unspecified atom stereocenters. The normalized spacial score (nSPS) is 13.0. The van der Waals surface area contributed by atoms with Gasteiger partial charge >= 0.3 is 12.1 Å². The Balaban J connectivity index is 3.08. The molecule has 0 N–H and O–H groups in total. The number of nitrogens with zero attached hydrogens (tertiary/aromatic N) is 2. The number of rotatable bonds is 1. The number of hydrogen-bond donors (Lipinski definition) is 0. The van der Waals surface area contributed by atoms with Gasteiger partial charge in [0.25, 0.3) is 0 Å². The lowest BCUT2D eigenvalue weighted by atomic mass is 10.2. The predicted octanol–water partition coefficient (Wildman–Crippen LogP) is 1.93. The molecule has 0 bridgehead atoms. The van der Waals surface area contributed by atoms with E-state index < -0.39 is 17.8 Å². The summed E-state index contributed by atoms with van der Waals surface area (Å²) in [6.07, 6.45) is -2.68. The Hall–Kier alpha value is -1.27. The van der Waals surface area contributed by atoms with Crippen molar-refractivity contribution >= 4 is 0 Å². The van der Waals surface area contributed by atoms with Crippen LogP contribution in [0.15, 0.2) is 12.4 Å². The summed E-state index contributed by atoms with van der Waals surface area (Å²) in [6.45, 7) is 0. The maximum Gasteiger partial charge on any atom is 0.459 e. The first kappa shape index (κ1) is 9.82. The van der Waals surface area contributed by atoms with Gasteiger partial charge in [-0.15, -0.1) is 0 Å². The molecule has 0 saturated heterocycles. The monoisotopic (exact) mass is 197 g/mol. The van der Waals surface area contributed by atoms with Gasteiger partial charge in [0.05, 0.1) is 12.4 Å². The molecule has 0 saturated carbocycles. The first-order chi connectivity index (χ1) is 5.86. The van der Waals surface area contributed by atoms with Crippen molar-refractivity contribution in [2.75, 3.05) is 0 Å². The van der Waals surface area contributed by atoms with Gasteiger partial charge < -0.3 is 0 Å². The summed E-state index contributed by atoms with van der Waals surface area (Å²) in [5, 5.41) is 0. The highest BCUT2D eigenvalue weighted by atomic mass is 19.4. The molecule has 0 fully saturated rings. The Morgan fingerprint density at radius 3 is 2.15 bits per heavy atom. The molecular weight excluding hydrogens is 195 g/mol. The van der Waals surface area contributed by atoms with Gasteiger partial charge in [-0.05, 0) is 0 Å². The van der Waals surface area contributed by atoms with Crippen molar-refractivity contribution in [2.45, 2.75) is 12.1 Å². The Morgan fingerprint density at radius 2 is 1.77 bits per heavy atom. The molecule has 0 aliphatic heterocycles. The number of alkyl halides is 5. The minimum absolute atomic E-state index is 0.327. The first-order valence-corrected chi connectivity index (χ1v) is 2.99. The van der Waals surface area contributed by atoms with Crippen LogP contribution < -0.4 is 0 Å². The van der Waals surface area contributed by atoms with E-state index in [-0.39, 0.29) is 0 Å². The molecule has 1 radical (unpaired) electrons. The van der Waals surface area contributed by atoms with Crippen molar-refractivity contribution < 1.29 is 22.0 Å². The second-order valence-corrected chi connectivity index (χ2v) is 2.10. The van der Waals surface area contributed by atoms with E-state index in [4.69, 9.17) is 0 Å². The Labute approximate surface area is 69.4 Å². The summed E-state index contributed by atoms with van der Waals surface area (Å²) >= 11 is 0. The fraction of sp³-hybridized carbons (Fsp3) is 0.333. The van der Waals surface area contributed by atoms with Gasteiger partial charge in [-0.1, -0.05) is 0 Å². The molecular formula is C6H2F5N2. The maximum absolute atomic E-state index is 12.4. The Morgan fingerprint density at radius 1 is 1.15 bits per heavy atom. The molecule has 0 atom stereocenters. The largest absolute Gasteiger partial charge is 0.459 e. The molecule has 7 heteroatoms. The average Bonchev–Trinajstić information content (AvgIpc) is 2.04. The fourth-order valence-electron chi connectivity index (χ4n) is 0.571. The second kappa shape index (κ2) is 2.90. The molecule has 1 aromatic rings. The quantitative estimate of drug-likeness (QED) is 0.643. The van der Waals surface area contributed by atoms with Crippen molar-refractivity contribution in [1.82, 2.24) is 9.97 Å². The van der Waals surface area contributed by atoms with E-state index in [2.05, 4.69) is 9.97 Å². The molecule has 0 spiro atoms. The van der Waals surface area contributed by atoms with Gasteiger partial charge in [0.1, 0.15) is 11.9 Å². The van der Waals surface area contributed by atoms with E-state index in [0.29, 0.717) is 12.4 Å². The number of halogens is 5. The smallest absolute Gasteiger partial charge is 0.251 e. The molecule has 13 heavy (non-hydrogen) atoms. The summed E-state index contributed by atoms with van der Waals surface area (Å²) in [6, 6.07) is 0. The summed E-state index contributed by atoms with van der Waals surface area (Å²) < 4.78 is 59.9. The number of hydrogen-bond acceptors (Lipinski definition) is 2. The highest BCUT2D eigenvalue weighted by molar-refractivity contribution is 5.06. The van der Waals surface area contributed by atoms with Crippen LogP contribution in [-0.2, 0) is 5.92 Å². The minimum Gasteiger partial charge on any atom is -0.251 e. The van der Waals surface area contributed by atoms with Crippen LogP contribution in [0.25, 0.3) is 0 Å². The highest BCUT2D eigenvalue weighted by Gasteiger charge is 2.60.